The van der Waals surface area contributed by atoms with Crippen LogP contribution in [0.25, 0.3) is 22.3 Å². The van der Waals surface area contributed by atoms with Gasteiger partial charge >= 0.3 is 5.97 Å². The highest BCUT2D eigenvalue weighted by Gasteiger charge is 2.14. The molecule has 0 aliphatic carbocycles. The van der Waals surface area contributed by atoms with Gasteiger partial charge in [0.05, 0.1) is 12.1 Å². The topological polar surface area (TPSA) is 65.5 Å². The molecule has 0 fully saturated rings. The third-order valence-corrected chi connectivity index (χ3v) is 4.27. The van der Waals surface area contributed by atoms with Gasteiger partial charge in [-0.1, -0.05) is 48.5 Å². The van der Waals surface area contributed by atoms with E-state index >= 15 is 0 Å². The Morgan fingerprint density at radius 3 is 2.63 bits per heavy atom. The predicted molar refractivity (Wildman–Crippen MR) is 101 cm³/mol. The number of carbonyl (C=O) groups is 1. The number of benzene rings is 2. The summed E-state index contributed by atoms with van der Waals surface area (Å²) in [6, 6.07) is 19.4. The first-order valence-electron chi connectivity index (χ1n) is 8.84. The highest BCUT2D eigenvalue weighted by atomic mass is 16.5. The molecule has 0 N–H and O–H groups in total. The maximum absolute atomic E-state index is 12.0. The molecule has 0 radical (unpaired) electrons. The van der Waals surface area contributed by atoms with E-state index in [4.69, 9.17) is 13.6 Å². The van der Waals surface area contributed by atoms with E-state index in [2.05, 4.69) is 4.98 Å². The number of aromatic nitrogens is 1. The Kier molecular flexibility index (Phi) is 4.75. The molecule has 0 atom stereocenters. The van der Waals surface area contributed by atoms with Gasteiger partial charge in [0.25, 0.3) is 0 Å². The molecule has 5 nitrogen and oxygen atoms in total. The van der Waals surface area contributed by atoms with Crippen molar-refractivity contribution in [3.63, 3.8) is 0 Å². The summed E-state index contributed by atoms with van der Waals surface area (Å²) in [5.74, 6) is 1.59. The number of esters is 1. The summed E-state index contributed by atoms with van der Waals surface area (Å²) in [5, 5.41) is 0.993. The molecule has 2 aromatic heterocycles. The zero-order chi connectivity index (χ0) is 18.6. The molecular weight excluding hydrogens is 342 g/mol. The Morgan fingerprint density at radius 2 is 1.81 bits per heavy atom. The van der Waals surface area contributed by atoms with Crippen molar-refractivity contribution in [1.82, 2.24) is 4.98 Å². The summed E-state index contributed by atoms with van der Waals surface area (Å²) in [6.07, 6.45) is 0.598. The van der Waals surface area contributed by atoms with E-state index in [1.54, 1.807) is 0 Å². The van der Waals surface area contributed by atoms with Gasteiger partial charge < -0.3 is 13.6 Å². The minimum atomic E-state index is -0.312. The Bertz CT molecular complexity index is 1030. The quantitative estimate of drug-likeness (QED) is 0.449. The van der Waals surface area contributed by atoms with E-state index in [0.717, 1.165) is 28.0 Å². The SMILES string of the molecule is Cc1nc(CCC(=O)OCc2cc3ccccc3o2)oc1-c1ccccc1. The first-order valence-corrected chi connectivity index (χ1v) is 8.84. The molecule has 0 aliphatic heterocycles. The Labute approximate surface area is 156 Å². The minimum Gasteiger partial charge on any atom is -0.457 e. The number of furan rings is 1. The molecule has 136 valence electrons. The van der Waals surface area contributed by atoms with Crippen LogP contribution in [0.15, 0.2) is 69.5 Å². The van der Waals surface area contributed by atoms with Crippen molar-refractivity contribution >= 4 is 16.9 Å². The number of fused-ring (bicyclic) bond motifs is 1. The maximum Gasteiger partial charge on any atom is 0.306 e. The molecule has 0 aliphatic rings. The average molecular weight is 361 g/mol. The van der Waals surface area contributed by atoms with Crippen LogP contribution < -0.4 is 0 Å². The monoisotopic (exact) mass is 361 g/mol. The molecule has 0 saturated carbocycles. The smallest absolute Gasteiger partial charge is 0.306 e. The molecule has 0 bridgehead atoms. The van der Waals surface area contributed by atoms with Gasteiger partial charge in [0.1, 0.15) is 18.0 Å². The van der Waals surface area contributed by atoms with Gasteiger partial charge in [0.15, 0.2) is 11.7 Å². The van der Waals surface area contributed by atoms with Gasteiger partial charge in [-0.3, -0.25) is 4.79 Å². The number of hydrogen-bond donors (Lipinski definition) is 0. The van der Waals surface area contributed by atoms with Crippen LogP contribution in [-0.2, 0) is 22.6 Å². The Balaban J connectivity index is 1.33. The second-order valence-electron chi connectivity index (χ2n) is 6.30. The highest BCUT2D eigenvalue weighted by Crippen LogP contribution is 2.25. The van der Waals surface area contributed by atoms with Gasteiger partial charge in [-0.15, -0.1) is 0 Å². The van der Waals surface area contributed by atoms with Crippen LogP contribution in [0, 0.1) is 6.92 Å². The fraction of sp³-hybridized carbons (Fsp3) is 0.182. The van der Waals surface area contributed by atoms with Gasteiger partial charge in [0, 0.05) is 17.4 Å². The van der Waals surface area contributed by atoms with Crippen LogP contribution in [0.4, 0.5) is 0 Å². The third-order valence-electron chi connectivity index (χ3n) is 4.27. The lowest BCUT2D eigenvalue weighted by Crippen LogP contribution is -2.05. The fourth-order valence-electron chi connectivity index (χ4n) is 2.96. The first-order chi connectivity index (χ1) is 13.2. The van der Waals surface area contributed by atoms with Gasteiger partial charge in [-0.05, 0) is 19.1 Å². The Hall–Kier alpha value is -3.34. The van der Waals surface area contributed by atoms with E-state index in [9.17, 15) is 4.79 Å². The Morgan fingerprint density at radius 1 is 1.04 bits per heavy atom. The number of hydrogen-bond acceptors (Lipinski definition) is 5. The number of aryl methyl sites for hydroxylation is 2. The number of carbonyl (C=O) groups excluding carboxylic acids is 1. The number of para-hydroxylation sites is 1. The van der Waals surface area contributed by atoms with Crippen LogP contribution in [0.2, 0.25) is 0 Å². The largest absolute Gasteiger partial charge is 0.457 e. The molecule has 4 rings (SSSR count). The maximum atomic E-state index is 12.0. The summed E-state index contributed by atoms with van der Waals surface area (Å²) in [4.78, 5) is 16.4. The number of nitrogens with zero attached hydrogens (tertiary/aromatic N) is 1. The van der Waals surface area contributed by atoms with Crippen molar-refractivity contribution < 1.29 is 18.4 Å². The van der Waals surface area contributed by atoms with E-state index in [0.29, 0.717) is 18.1 Å². The van der Waals surface area contributed by atoms with E-state index in [-0.39, 0.29) is 19.0 Å². The van der Waals surface area contributed by atoms with Crippen molar-refractivity contribution in [2.75, 3.05) is 0 Å². The lowest BCUT2D eigenvalue weighted by Gasteiger charge is -2.01. The summed E-state index contributed by atoms with van der Waals surface area (Å²) >= 11 is 0. The van der Waals surface area contributed by atoms with Crippen molar-refractivity contribution in [1.29, 1.82) is 0 Å². The van der Waals surface area contributed by atoms with Gasteiger partial charge in [0.2, 0.25) is 0 Å². The molecule has 0 amide bonds. The van der Waals surface area contributed by atoms with E-state index in [1.165, 1.54) is 0 Å². The lowest BCUT2D eigenvalue weighted by atomic mass is 10.1. The summed E-state index contributed by atoms with van der Waals surface area (Å²) in [5.41, 5.74) is 2.57. The van der Waals surface area contributed by atoms with E-state index < -0.39 is 0 Å². The summed E-state index contributed by atoms with van der Waals surface area (Å²) in [6.45, 7) is 2.02. The van der Waals surface area contributed by atoms with Crippen molar-refractivity contribution in [3.05, 3.63) is 78.0 Å². The van der Waals surface area contributed by atoms with Crippen LogP contribution in [-0.4, -0.2) is 11.0 Å². The van der Waals surface area contributed by atoms with Gasteiger partial charge in [-0.25, -0.2) is 4.98 Å². The number of rotatable bonds is 6. The molecule has 4 aromatic rings. The minimum absolute atomic E-state index is 0.118. The summed E-state index contributed by atoms with van der Waals surface area (Å²) < 4.78 is 16.8. The summed E-state index contributed by atoms with van der Waals surface area (Å²) in [7, 11) is 0. The highest BCUT2D eigenvalue weighted by molar-refractivity contribution is 5.77. The second kappa shape index (κ2) is 7.50. The predicted octanol–water partition coefficient (Wildman–Crippen LogP) is 5.07. The molecule has 5 heteroatoms. The normalized spacial score (nSPS) is 11.0. The standard InChI is InChI=1S/C22H19NO4/c1-15-22(16-7-3-2-4-8-16)27-20(23-15)11-12-21(24)25-14-18-13-17-9-5-6-10-19(17)26-18/h2-10,13H,11-12,14H2,1H3. The third kappa shape index (κ3) is 3.92. The van der Waals surface area contributed by atoms with Crippen LogP contribution >= 0.6 is 0 Å². The lowest BCUT2D eigenvalue weighted by molar-refractivity contribution is -0.145. The van der Waals surface area contributed by atoms with Crippen molar-refractivity contribution in [2.24, 2.45) is 0 Å². The van der Waals surface area contributed by atoms with E-state index in [1.807, 2.05) is 67.6 Å². The molecule has 2 heterocycles. The van der Waals surface area contributed by atoms with Crippen molar-refractivity contribution in [3.8, 4) is 11.3 Å². The second-order valence-corrected chi connectivity index (χ2v) is 6.30. The van der Waals surface area contributed by atoms with Crippen LogP contribution in [0.5, 0.6) is 0 Å². The average Bonchev–Trinajstić information content (AvgIpc) is 3.28. The fourth-order valence-corrected chi connectivity index (χ4v) is 2.96. The zero-order valence-corrected chi connectivity index (χ0v) is 15.0. The molecule has 0 saturated heterocycles. The molecule has 0 spiro atoms. The van der Waals surface area contributed by atoms with Crippen LogP contribution in [0.1, 0.15) is 23.8 Å². The zero-order valence-electron chi connectivity index (χ0n) is 15.0. The molecular formula is C22H19NO4. The molecule has 0 unspecified atom stereocenters. The number of ether oxygens (including phenoxy) is 1. The van der Waals surface area contributed by atoms with Gasteiger partial charge in [-0.2, -0.15) is 0 Å². The molecule has 2 aromatic carbocycles. The number of oxazole rings is 1. The first kappa shape index (κ1) is 17.1. The van der Waals surface area contributed by atoms with Crippen LogP contribution in [0.3, 0.4) is 0 Å². The van der Waals surface area contributed by atoms with Crippen molar-refractivity contribution in [2.45, 2.75) is 26.4 Å². The molecule has 27 heavy (non-hydrogen) atoms.